The van der Waals surface area contributed by atoms with Gasteiger partial charge in [-0.3, -0.25) is 4.79 Å². The number of benzene rings is 2. The molecule has 0 saturated carbocycles. The Morgan fingerprint density at radius 2 is 2.04 bits per heavy atom. The van der Waals surface area contributed by atoms with Crippen molar-refractivity contribution in [3.05, 3.63) is 59.2 Å². The highest BCUT2D eigenvalue weighted by Crippen LogP contribution is 2.41. The van der Waals surface area contributed by atoms with Crippen molar-refractivity contribution >= 4 is 40.2 Å². The summed E-state index contributed by atoms with van der Waals surface area (Å²) in [5, 5.41) is 6.25. The first-order valence-electron chi connectivity index (χ1n) is 7.99. The van der Waals surface area contributed by atoms with Gasteiger partial charge in [0.15, 0.2) is 0 Å². The van der Waals surface area contributed by atoms with E-state index in [4.69, 9.17) is 16.3 Å². The van der Waals surface area contributed by atoms with Gasteiger partial charge in [-0.1, -0.05) is 18.2 Å². The van der Waals surface area contributed by atoms with Crippen molar-refractivity contribution in [2.45, 2.75) is 13.0 Å². The van der Waals surface area contributed by atoms with Gasteiger partial charge in [0.1, 0.15) is 12.4 Å². The van der Waals surface area contributed by atoms with Crippen LogP contribution in [0.3, 0.4) is 0 Å². The fourth-order valence-electron chi connectivity index (χ4n) is 3.12. The first-order valence-corrected chi connectivity index (χ1v) is 8.52. The summed E-state index contributed by atoms with van der Waals surface area (Å²) in [4.78, 5) is 12.4. The number of carbonyl (C=O) groups is 1. The Hall–Kier alpha value is -2.46. The number of hydrogen-bond acceptors (Lipinski definition) is 3. The van der Waals surface area contributed by atoms with Crippen LogP contribution in [0.15, 0.2) is 42.5 Å². The van der Waals surface area contributed by atoms with Crippen LogP contribution in [0, 0.1) is 0 Å². The molecule has 0 unspecified atom stereocenters. The fourth-order valence-corrected chi connectivity index (χ4v) is 3.25. The van der Waals surface area contributed by atoms with E-state index in [1.807, 2.05) is 36.4 Å². The van der Waals surface area contributed by atoms with Crippen LogP contribution in [0.4, 0.5) is 11.4 Å². The summed E-state index contributed by atoms with van der Waals surface area (Å²) in [5.74, 6) is 1.20. The Morgan fingerprint density at radius 1 is 1.17 bits per heavy atom. The van der Waals surface area contributed by atoms with Crippen LogP contribution in [0.5, 0.6) is 0 Å². The highest BCUT2D eigenvalue weighted by atomic mass is 35.5. The Balaban J connectivity index is 1.71. The third kappa shape index (κ3) is 2.53. The minimum Gasteiger partial charge on any atom is -0.487 e. The second kappa shape index (κ2) is 6.21. The molecule has 0 saturated heterocycles. The minimum atomic E-state index is -0.108. The average molecular weight is 341 g/mol. The maximum atomic E-state index is 12.4. The number of ether oxygens (including phenoxy) is 1. The van der Waals surface area contributed by atoms with E-state index >= 15 is 0 Å². The molecule has 24 heavy (non-hydrogen) atoms. The topological polar surface area (TPSA) is 50.4 Å². The molecule has 122 valence electrons. The average Bonchev–Trinajstić information content (AvgIpc) is 3.14. The summed E-state index contributed by atoms with van der Waals surface area (Å²) in [6, 6.07) is 13.8. The summed E-state index contributed by atoms with van der Waals surface area (Å²) >= 11 is 5.70. The van der Waals surface area contributed by atoms with E-state index in [1.54, 1.807) is 0 Å². The largest absolute Gasteiger partial charge is 0.487 e. The molecule has 0 fully saturated rings. The van der Waals surface area contributed by atoms with E-state index in [0.29, 0.717) is 23.8 Å². The smallest absolute Gasteiger partial charge is 0.260 e. The van der Waals surface area contributed by atoms with Crippen molar-refractivity contribution in [3.8, 4) is 0 Å². The van der Waals surface area contributed by atoms with Gasteiger partial charge in [-0.2, -0.15) is 0 Å². The molecule has 0 atom stereocenters. The van der Waals surface area contributed by atoms with Crippen LogP contribution in [0.1, 0.15) is 23.1 Å². The predicted octanol–water partition coefficient (Wildman–Crippen LogP) is 4.08. The molecule has 2 aliphatic rings. The molecule has 0 spiro atoms. The molecule has 2 aromatic carbocycles. The molecule has 0 radical (unpaired) electrons. The number of nitrogens with one attached hydrogen (secondary N) is 2. The van der Waals surface area contributed by atoms with E-state index in [1.165, 1.54) is 0 Å². The lowest BCUT2D eigenvalue weighted by atomic mass is 10.0. The van der Waals surface area contributed by atoms with Gasteiger partial charge in [-0.05, 0) is 30.7 Å². The molecule has 5 heteroatoms. The lowest BCUT2D eigenvalue weighted by molar-refractivity contribution is -0.110. The maximum Gasteiger partial charge on any atom is 0.260 e. The fraction of sp³-hybridized carbons (Fsp3) is 0.211. The lowest BCUT2D eigenvalue weighted by Gasteiger charge is -2.07. The predicted molar refractivity (Wildman–Crippen MR) is 96.9 cm³/mol. The molecule has 0 aliphatic carbocycles. The van der Waals surface area contributed by atoms with Gasteiger partial charge in [-0.15, -0.1) is 11.6 Å². The summed E-state index contributed by atoms with van der Waals surface area (Å²) in [7, 11) is 0. The van der Waals surface area contributed by atoms with E-state index in [0.717, 1.165) is 41.0 Å². The molecule has 0 aromatic heterocycles. The molecule has 0 bridgehead atoms. The number of rotatable bonds is 4. The first kappa shape index (κ1) is 15.1. The number of carbonyl (C=O) groups excluding carboxylic acids is 1. The van der Waals surface area contributed by atoms with Crippen molar-refractivity contribution in [2.24, 2.45) is 0 Å². The number of hydrogen-bond donors (Lipinski definition) is 2. The van der Waals surface area contributed by atoms with Crippen LogP contribution in [-0.4, -0.2) is 18.3 Å². The summed E-state index contributed by atoms with van der Waals surface area (Å²) in [6.07, 6.45) is 0.918. The van der Waals surface area contributed by atoms with Crippen molar-refractivity contribution in [1.82, 2.24) is 0 Å². The number of fused-ring (bicyclic) bond motifs is 2. The van der Waals surface area contributed by atoms with E-state index in [2.05, 4.69) is 16.7 Å². The van der Waals surface area contributed by atoms with Crippen molar-refractivity contribution < 1.29 is 9.53 Å². The molecule has 1 amide bonds. The molecule has 4 rings (SSSR count). The van der Waals surface area contributed by atoms with Crippen LogP contribution < -0.4 is 10.6 Å². The number of halogens is 1. The zero-order valence-corrected chi connectivity index (χ0v) is 13.8. The third-order valence-electron chi connectivity index (χ3n) is 4.26. The zero-order valence-electron chi connectivity index (χ0n) is 13.1. The number of alkyl halides is 1. The van der Waals surface area contributed by atoms with Gasteiger partial charge < -0.3 is 15.4 Å². The Bertz CT molecular complexity index is 845. The Labute approximate surface area is 145 Å². The van der Waals surface area contributed by atoms with Gasteiger partial charge >= 0.3 is 0 Å². The highest BCUT2D eigenvalue weighted by Gasteiger charge is 2.32. The van der Waals surface area contributed by atoms with Crippen molar-refractivity contribution in [2.75, 3.05) is 23.1 Å². The second-order valence-electron chi connectivity index (χ2n) is 5.83. The number of anilines is 2. The second-order valence-corrected chi connectivity index (χ2v) is 6.21. The van der Waals surface area contributed by atoms with Crippen LogP contribution in [-0.2, 0) is 16.1 Å². The SMILES string of the molecule is O=C1Nc2ccccc2C1=C1OCc2cc(NCCCCl)ccc21. The monoisotopic (exact) mass is 340 g/mol. The molecule has 2 aliphatic heterocycles. The van der Waals surface area contributed by atoms with Gasteiger partial charge in [0.25, 0.3) is 5.91 Å². The summed E-state index contributed by atoms with van der Waals surface area (Å²) in [6.45, 7) is 1.32. The Morgan fingerprint density at radius 3 is 2.92 bits per heavy atom. The standard InChI is InChI=1S/C19H17ClN2O2/c20-8-3-9-21-13-6-7-14-12(10-13)11-24-18(14)17-15-4-1-2-5-16(15)22-19(17)23/h1-2,4-7,10,21H,3,8-9,11H2,(H,22,23). The minimum absolute atomic E-state index is 0.108. The summed E-state index contributed by atoms with van der Waals surface area (Å²) in [5.41, 5.74) is 5.47. The normalized spacial score (nSPS) is 18.0. The highest BCUT2D eigenvalue weighted by molar-refractivity contribution is 6.36. The van der Waals surface area contributed by atoms with Crippen LogP contribution in [0.25, 0.3) is 11.3 Å². The third-order valence-corrected chi connectivity index (χ3v) is 4.53. The molecular weight excluding hydrogens is 324 g/mol. The lowest BCUT2D eigenvalue weighted by Crippen LogP contribution is -2.05. The Kier molecular flexibility index (Phi) is 3.90. The molecule has 4 nitrogen and oxygen atoms in total. The number of amides is 1. The van der Waals surface area contributed by atoms with Crippen LogP contribution >= 0.6 is 11.6 Å². The maximum absolute atomic E-state index is 12.4. The zero-order chi connectivity index (χ0) is 16.5. The van der Waals surface area contributed by atoms with E-state index in [-0.39, 0.29) is 5.91 Å². The molecular formula is C19H17ClN2O2. The van der Waals surface area contributed by atoms with Gasteiger partial charge in [0.2, 0.25) is 0 Å². The first-order chi connectivity index (χ1) is 11.8. The van der Waals surface area contributed by atoms with Gasteiger partial charge in [-0.25, -0.2) is 0 Å². The molecule has 2 aromatic rings. The van der Waals surface area contributed by atoms with Crippen molar-refractivity contribution in [1.29, 1.82) is 0 Å². The molecule has 2 heterocycles. The van der Waals surface area contributed by atoms with Crippen LogP contribution in [0.2, 0.25) is 0 Å². The van der Waals surface area contributed by atoms with Gasteiger partial charge in [0.05, 0.1) is 5.57 Å². The van der Waals surface area contributed by atoms with Gasteiger partial charge in [0, 0.05) is 40.5 Å². The quantitative estimate of drug-likeness (QED) is 0.501. The summed E-state index contributed by atoms with van der Waals surface area (Å²) < 4.78 is 5.89. The van der Waals surface area contributed by atoms with Crippen molar-refractivity contribution in [3.63, 3.8) is 0 Å². The number of para-hydroxylation sites is 1. The van der Waals surface area contributed by atoms with E-state index < -0.39 is 0 Å². The van der Waals surface area contributed by atoms with E-state index in [9.17, 15) is 4.79 Å². The molecule has 2 N–H and O–H groups in total.